The zero-order valence-corrected chi connectivity index (χ0v) is 12.7. The maximum Gasteiger partial charge on any atom is 0.288 e. The van der Waals surface area contributed by atoms with Gasteiger partial charge in [0.05, 0.1) is 5.69 Å². The van der Waals surface area contributed by atoms with Gasteiger partial charge < -0.3 is 5.32 Å². The van der Waals surface area contributed by atoms with Gasteiger partial charge >= 0.3 is 0 Å². The van der Waals surface area contributed by atoms with Crippen LogP contribution in [0.25, 0.3) is 0 Å². The largest absolute Gasteiger partial charge is 0.340 e. The van der Waals surface area contributed by atoms with Crippen LogP contribution in [0.5, 0.6) is 0 Å². The van der Waals surface area contributed by atoms with Gasteiger partial charge in [0.25, 0.3) is 11.7 Å². The summed E-state index contributed by atoms with van der Waals surface area (Å²) in [5.41, 5.74) is -0.727. The molecule has 0 saturated carbocycles. The molecule has 4 nitrogen and oxygen atoms in total. The van der Waals surface area contributed by atoms with Gasteiger partial charge in [-0.05, 0) is 32.9 Å². The van der Waals surface area contributed by atoms with Crippen LogP contribution in [-0.4, -0.2) is 29.2 Å². The third-order valence-electron chi connectivity index (χ3n) is 3.30. The molecular formula is C14H16F2N2O2S. The van der Waals surface area contributed by atoms with E-state index >= 15 is 0 Å². The minimum absolute atomic E-state index is 0.276. The first kappa shape index (κ1) is 15.8. The van der Waals surface area contributed by atoms with Crippen LogP contribution in [-0.2, 0) is 9.59 Å². The molecule has 2 rings (SSSR count). The van der Waals surface area contributed by atoms with E-state index in [4.69, 9.17) is 0 Å². The van der Waals surface area contributed by atoms with Crippen LogP contribution in [0.15, 0.2) is 29.2 Å². The highest BCUT2D eigenvalue weighted by atomic mass is 32.2. The van der Waals surface area contributed by atoms with Crippen molar-refractivity contribution in [1.29, 1.82) is 0 Å². The highest BCUT2D eigenvalue weighted by Crippen LogP contribution is 2.36. The predicted octanol–water partition coefficient (Wildman–Crippen LogP) is 2.63. The molecule has 1 aliphatic heterocycles. The Hall–Kier alpha value is -1.63. The van der Waals surface area contributed by atoms with E-state index in [9.17, 15) is 18.4 Å². The molecule has 114 valence electrons. The molecular weight excluding hydrogens is 298 g/mol. The molecule has 2 amide bonds. The van der Waals surface area contributed by atoms with Crippen molar-refractivity contribution in [3.8, 4) is 0 Å². The SMILES string of the molecule is CC1C(=O)NC(C)(C)C(=O)N1c1ccccc1SC(F)F. The Kier molecular flexibility index (Phi) is 4.22. The fourth-order valence-electron chi connectivity index (χ4n) is 2.23. The third-order valence-corrected chi connectivity index (χ3v) is 4.07. The Morgan fingerprint density at radius 2 is 1.90 bits per heavy atom. The van der Waals surface area contributed by atoms with Crippen molar-refractivity contribution in [3.05, 3.63) is 24.3 Å². The lowest BCUT2D eigenvalue weighted by Crippen LogP contribution is -2.67. The number of alkyl halides is 2. The van der Waals surface area contributed by atoms with Gasteiger partial charge in [-0.1, -0.05) is 23.9 Å². The lowest BCUT2D eigenvalue weighted by Gasteiger charge is -2.42. The first-order valence-corrected chi connectivity index (χ1v) is 7.31. The lowest BCUT2D eigenvalue weighted by molar-refractivity contribution is -0.136. The highest BCUT2D eigenvalue weighted by Gasteiger charge is 2.44. The van der Waals surface area contributed by atoms with Crippen molar-refractivity contribution in [2.75, 3.05) is 4.90 Å². The molecule has 0 bridgehead atoms. The van der Waals surface area contributed by atoms with E-state index in [-0.39, 0.29) is 16.7 Å². The number of thioether (sulfide) groups is 1. The molecule has 0 spiro atoms. The van der Waals surface area contributed by atoms with E-state index in [1.165, 1.54) is 11.0 Å². The molecule has 0 radical (unpaired) electrons. The molecule has 1 N–H and O–H groups in total. The molecule has 21 heavy (non-hydrogen) atoms. The highest BCUT2D eigenvalue weighted by molar-refractivity contribution is 7.99. The Bertz CT molecular complexity index is 578. The van der Waals surface area contributed by atoms with Crippen molar-refractivity contribution in [3.63, 3.8) is 0 Å². The first-order valence-electron chi connectivity index (χ1n) is 6.43. The minimum atomic E-state index is -2.59. The molecule has 7 heteroatoms. The molecule has 1 saturated heterocycles. The second kappa shape index (κ2) is 5.63. The average Bonchev–Trinajstić information content (AvgIpc) is 2.38. The van der Waals surface area contributed by atoms with Gasteiger partial charge in [-0.25, -0.2) is 0 Å². The second-order valence-electron chi connectivity index (χ2n) is 5.31. The van der Waals surface area contributed by atoms with Gasteiger partial charge in [-0.3, -0.25) is 14.5 Å². The van der Waals surface area contributed by atoms with Crippen LogP contribution < -0.4 is 10.2 Å². The summed E-state index contributed by atoms with van der Waals surface area (Å²) >= 11 is 0.365. The lowest BCUT2D eigenvalue weighted by atomic mass is 9.96. The van der Waals surface area contributed by atoms with Gasteiger partial charge in [0.1, 0.15) is 11.6 Å². The number of anilines is 1. The normalized spacial score (nSPS) is 21.6. The molecule has 0 aromatic heterocycles. The topological polar surface area (TPSA) is 49.4 Å². The Balaban J connectivity index is 2.48. The minimum Gasteiger partial charge on any atom is -0.340 e. The van der Waals surface area contributed by atoms with Crippen LogP contribution in [0, 0.1) is 0 Å². The summed E-state index contributed by atoms with van der Waals surface area (Å²) in [6.45, 7) is 4.76. The van der Waals surface area contributed by atoms with Crippen LogP contribution in [0.2, 0.25) is 0 Å². The van der Waals surface area contributed by atoms with Crippen LogP contribution >= 0.6 is 11.8 Å². The van der Waals surface area contributed by atoms with E-state index in [0.717, 1.165) is 0 Å². The number of nitrogens with zero attached hydrogens (tertiary/aromatic N) is 1. The van der Waals surface area contributed by atoms with Crippen molar-refractivity contribution in [1.82, 2.24) is 5.32 Å². The second-order valence-corrected chi connectivity index (χ2v) is 6.34. The third kappa shape index (κ3) is 3.02. The molecule has 1 fully saturated rings. The summed E-state index contributed by atoms with van der Waals surface area (Å²) in [6, 6.07) is 5.63. The number of carbonyl (C=O) groups is 2. The monoisotopic (exact) mass is 314 g/mol. The number of hydrogen-bond donors (Lipinski definition) is 1. The van der Waals surface area contributed by atoms with Gasteiger partial charge in [0.15, 0.2) is 0 Å². The van der Waals surface area contributed by atoms with E-state index in [1.807, 2.05) is 0 Å². The molecule has 1 aliphatic rings. The predicted molar refractivity (Wildman–Crippen MR) is 77.5 cm³/mol. The van der Waals surface area contributed by atoms with Gasteiger partial charge in [0.2, 0.25) is 5.91 Å². The molecule has 1 atom stereocenters. The molecule has 1 unspecified atom stereocenters. The number of carbonyl (C=O) groups excluding carboxylic acids is 2. The van der Waals surface area contributed by atoms with Crippen molar-refractivity contribution < 1.29 is 18.4 Å². The van der Waals surface area contributed by atoms with Crippen molar-refractivity contribution in [2.45, 2.75) is 43.0 Å². The fourth-order valence-corrected chi connectivity index (χ4v) is 2.87. The van der Waals surface area contributed by atoms with Crippen LogP contribution in [0.1, 0.15) is 20.8 Å². The standard InChI is InChI=1S/C14H16F2N2O2S/c1-8-11(19)17-14(2,3)12(20)18(8)9-6-4-5-7-10(9)21-13(15)16/h4-8,13H,1-3H3,(H,17,19). The van der Waals surface area contributed by atoms with Gasteiger partial charge in [-0.15, -0.1) is 0 Å². The summed E-state index contributed by atoms with van der Waals surface area (Å²) in [6.07, 6.45) is 0. The zero-order chi connectivity index (χ0) is 15.8. The number of para-hydroxylation sites is 1. The summed E-state index contributed by atoms with van der Waals surface area (Å²) in [5.74, 6) is -3.23. The Morgan fingerprint density at radius 1 is 1.29 bits per heavy atom. The van der Waals surface area contributed by atoms with Gasteiger partial charge in [0, 0.05) is 4.90 Å². The van der Waals surface area contributed by atoms with Crippen LogP contribution in [0.3, 0.4) is 0 Å². The number of rotatable bonds is 3. The zero-order valence-electron chi connectivity index (χ0n) is 11.9. The summed E-state index contributed by atoms with van der Waals surface area (Å²) in [5, 5.41) is 2.63. The number of hydrogen-bond acceptors (Lipinski definition) is 3. The Labute approximate surface area is 125 Å². The number of nitrogens with one attached hydrogen (secondary N) is 1. The summed E-state index contributed by atoms with van der Waals surface area (Å²) < 4.78 is 25.3. The number of amides is 2. The average molecular weight is 314 g/mol. The molecule has 1 aromatic carbocycles. The smallest absolute Gasteiger partial charge is 0.288 e. The van der Waals surface area contributed by atoms with Crippen LogP contribution in [0.4, 0.5) is 14.5 Å². The fraction of sp³-hybridized carbons (Fsp3) is 0.429. The van der Waals surface area contributed by atoms with Crippen molar-refractivity contribution in [2.24, 2.45) is 0 Å². The Morgan fingerprint density at radius 3 is 2.52 bits per heavy atom. The maximum absolute atomic E-state index is 12.7. The number of piperazine rings is 1. The summed E-state index contributed by atoms with van der Waals surface area (Å²) in [7, 11) is 0. The first-order chi connectivity index (χ1) is 9.74. The van der Waals surface area contributed by atoms with E-state index in [0.29, 0.717) is 17.4 Å². The van der Waals surface area contributed by atoms with E-state index < -0.39 is 17.3 Å². The number of benzene rings is 1. The summed E-state index contributed by atoms with van der Waals surface area (Å²) in [4.78, 5) is 26.1. The molecule has 1 aromatic rings. The maximum atomic E-state index is 12.7. The number of halogens is 2. The van der Waals surface area contributed by atoms with Gasteiger partial charge in [-0.2, -0.15) is 8.78 Å². The molecule has 1 heterocycles. The quantitative estimate of drug-likeness (QED) is 0.873. The molecule has 0 aliphatic carbocycles. The van der Waals surface area contributed by atoms with E-state index in [1.54, 1.807) is 39.0 Å². The van der Waals surface area contributed by atoms with E-state index in [2.05, 4.69) is 5.32 Å². The van der Waals surface area contributed by atoms with Crippen molar-refractivity contribution >= 4 is 29.3 Å².